The highest BCUT2D eigenvalue weighted by Gasteiger charge is 2.35. The molecular weight excluding hydrogens is 178 g/mol. The summed E-state index contributed by atoms with van der Waals surface area (Å²) < 4.78 is 0. The first-order valence-corrected chi connectivity index (χ1v) is 5.43. The first-order chi connectivity index (χ1) is 6.70. The molecule has 0 aliphatic carbocycles. The van der Waals surface area contributed by atoms with E-state index in [4.69, 9.17) is 0 Å². The van der Waals surface area contributed by atoms with Gasteiger partial charge in [0.1, 0.15) is 0 Å². The normalized spacial score (nSPS) is 34.0. The second kappa shape index (κ2) is 3.87. The van der Waals surface area contributed by atoms with Crippen LogP contribution in [-0.2, 0) is 4.79 Å². The summed E-state index contributed by atoms with van der Waals surface area (Å²) in [6, 6.07) is 0.679. The minimum atomic E-state index is 0.234. The first kappa shape index (κ1) is 9.93. The molecule has 2 atom stereocenters. The average Bonchev–Trinajstić information content (AvgIpc) is 2.00. The molecule has 0 aromatic carbocycles. The van der Waals surface area contributed by atoms with Crippen molar-refractivity contribution in [1.82, 2.24) is 15.5 Å². The Morgan fingerprint density at radius 1 is 1.07 bits per heavy atom. The van der Waals surface area contributed by atoms with E-state index < -0.39 is 0 Å². The molecule has 1 amide bonds. The molecule has 2 rings (SSSR count). The van der Waals surface area contributed by atoms with Gasteiger partial charge in [-0.05, 0) is 13.8 Å². The van der Waals surface area contributed by atoms with Crippen LogP contribution in [0.3, 0.4) is 0 Å². The molecule has 0 aromatic heterocycles. The molecular formula is C10H19N3O. The summed E-state index contributed by atoms with van der Waals surface area (Å²) in [4.78, 5) is 14.1. The van der Waals surface area contributed by atoms with Crippen LogP contribution in [-0.4, -0.2) is 49.1 Å². The van der Waals surface area contributed by atoms with Crippen molar-refractivity contribution in [2.45, 2.75) is 25.9 Å². The Labute approximate surface area is 85.0 Å². The van der Waals surface area contributed by atoms with E-state index in [9.17, 15) is 4.79 Å². The van der Waals surface area contributed by atoms with Crippen LogP contribution in [0.25, 0.3) is 0 Å². The van der Waals surface area contributed by atoms with E-state index in [1.165, 1.54) is 0 Å². The Balaban J connectivity index is 2.01. The van der Waals surface area contributed by atoms with E-state index >= 15 is 0 Å². The number of carbonyl (C=O) groups is 1. The first-order valence-electron chi connectivity index (χ1n) is 5.43. The number of carbonyl (C=O) groups excluding carboxylic acids is 1. The van der Waals surface area contributed by atoms with Crippen LogP contribution >= 0.6 is 0 Å². The standard InChI is InChI=1S/C10H19N3O/c1-7-3-11-4-8(2)13(7)10(14)9-5-12-6-9/h7-9,11-12H,3-6H2,1-2H3. The van der Waals surface area contributed by atoms with Gasteiger partial charge < -0.3 is 15.5 Å². The summed E-state index contributed by atoms with van der Waals surface area (Å²) in [5.74, 6) is 0.572. The van der Waals surface area contributed by atoms with Crippen molar-refractivity contribution < 1.29 is 4.79 Å². The van der Waals surface area contributed by atoms with Gasteiger partial charge in [0.25, 0.3) is 0 Å². The number of rotatable bonds is 1. The maximum atomic E-state index is 12.1. The van der Waals surface area contributed by atoms with Crippen molar-refractivity contribution >= 4 is 5.91 Å². The van der Waals surface area contributed by atoms with Gasteiger partial charge in [-0.1, -0.05) is 0 Å². The minimum Gasteiger partial charge on any atom is -0.334 e. The highest BCUT2D eigenvalue weighted by molar-refractivity contribution is 5.81. The van der Waals surface area contributed by atoms with Crippen LogP contribution in [0, 0.1) is 5.92 Å². The van der Waals surface area contributed by atoms with Gasteiger partial charge >= 0.3 is 0 Å². The molecule has 2 aliphatic heterocycles. The van der Waals surface area contributed by atoms with E-state index in [0.29, 0.717) is 18.0 Å². The molecule has 14 heavy (non-hydrogen) atoms. The predicted octanol–water partition coefficient (Wildman–Crippen LogP) is -0.585. The van der Waals surface area contributed by atoms with Crippen molar-refractivity contribution in [1.29, 1.82) is 0 Å². The lowest BCUT2D eigenvalue weighted by atomic mass is 9.98. The lowest BCUT2D eigenvalue weighted by Crippen LogP contribution is -2.62. The van der Waals surface area contributed by atoms with Crippen LogP contribution in [0.15, 0.2) is 0 Å². The maximum absolute atomic E-state index is 12.1. The van der Waals surface area contributed by atoms with Gasteiger partial charge in [0, 0.05) is 38.3 Å². The lowest BCUT2D eigenvalue weighted by molar-refractivity contribution is -0.142. The van der Waals surface area contributed by atoms with Gasteiger partial charge in [0.15, 0.2) is 0 Å². The largest absolute Gasteiger partial charge is 0.334 e. The topological polar surface area (TPSA) is 44.4 Å². The van der Waals surface area contributed by atoms with E-state index in [1.807, 2.05) is 0 Å². The van der Waals surface area contributed by atoms with Crippen LogP contribution in [0.5, 0.6) is 0 Å². The fourth-order valence-electron chi connectivity index (χ4n) is 2.24. The number of hydrogen-bond donors (Lipinski definition) is 2. The maximum Gasteiger partial charge on any atom is 0.228 e. The molecule has 2 fully saturated rings. The van der Waals surface area contributed by atoms with Gasteiger partial charge in [0.05, 0.1) is 5.92 Å². The van der Waals surface area contributed by atoms with Crippen LogP contribution in [0.1, 0.15) is 13.8 Å². The molecule has 0 bridgehead atoms. The fourth-order valence-corrected chi connectivity index (χ4v) is 2.24. The zero-order valence-corrected chi connectivity index (χ0v) is 8.92. The number of amides is 1. The van der Waals surface area contributed by atoms with E-state index in [0.717, 1.165) is 26.2 Å². The number of nitrogens with one attached hydrogen (secondary N) is 2. The van der Waals surface area contributed by atoms with Crippen LogP contribution in [0.4, 0.5) is 0 Å². The molecule has 2 unspecified atom stereocenters. The van der Waals surface area contributed by atoms with Crippen molar-refractivity contribution in [3.05, 3.63) is 0 Å². The van der Waals surface area contributed by atoms with Gasteiger partial charge in [-0.2, -0.15) is 0 Å². The van der Waals surface area contributed by atoms with Gasteiger partial charge in [-0.15, -0.1) is 0 Å². The minimum absolute atomic E-state index is 0.234. The van der Waals surface area contributed by atoms with E-state index in [-0.39, 0.29) is 5.92 Å². The molecule has 2 heterocycles. The Hall–Kier alpha value is -0.610. The molecule has 0 saturated carbocycles. The molecule has 0 radical (unpaired) electrons. The number of nitrogens with zero attached hydrogens (tertiary/aromatic N) is 1. The molecule has 2 saturated heterocycles. The number of piperazine rings is 1. The van der Waals surface area contributed by atoms with E-state index in [2.05, 4.69) is 29.4 Å². The number of hydrogen-bond acceptors (Lipinski definition) is 3. The molecule has 2 aliphatic rings. The van der Waals surface area contributed by atoms with Crippen molar-refractivity contribution in [2.24, 2.45) is 5.92 Å². The highest BCUT2D eigenvalue weighted by atomic mass is 16.2. The SMILES string of the molecule is CC1CNCC(C)N1C(=O)C1CNC1. The predicted molar refractivity (Wildman–Crippen MR) is 55.0 cm³/mol. The quantitative estimate of drug-likeness (QED) is 0.591. The summed E-state index contributed by atoms with van der Waals surface area (Å²) >= 11 is 0. The average molecular weight is 197 g/mol. The second-order valence-electron chi connectivity index (χ2n) is 4.46. The van der Waals surface area contributed by atoms with Gasteiger partial charge in [0.2, 0.25) is 5.91 Å². The van der Waals surface area contributed by atoms with Crippen molar-refractivity contribution in [3.63, 3.8) is 0 Å². The highest BCUT2D eigenvalue weighted by Crippen LogP contribution is 2.16. The molecule has 80 valence electrons. The smallest absolute Gasteiger partial charge is 0.228 e. The Bertz CT molecular complexity index is 217. The summed E-state index contributed by atoms with van der Waals surface area (Å²) in [5.41, 5.74) is 0. The molecule has 0 aromatic rings. The summed E-state index contributed by atoms with van der Waals surface area (Å²) in [6.07, 6.45) is 0. The summed E-state index contributed by atoms with van der Waals surface area (Å²) in [6.45, 7) is 7.82. The van der Waals surface area contributed by atoms with E-state index in [1.54, 1.807) is 0 Å². The van der Waals surface area contributed by atoms with Gasteiger partial charge in [-0.3, -0.25) is 4.79 Å². The Morgan fingerprint density at radius 3 is 2.00 bits per heavy atom. The molecule has 4 heteroatoms. The summed E-state index contributed by atoms with van der Waals surface area (Å²) in [5, 5.41) is 6.48. The third-order valence-corrected chi connectivity index (χ3v) is 3.21. The van der Waals surface area contributed by atoms with Crippen molar-refractivity contribution in [2.75, 3.05) is 26.2 Å². The third-order valence-electron chi connectivity index (χ3n) is 3.21. The van der Waals surface area contributed by atoms with Crippen LogP contribution < -0.4 is 10.6 Å². The summed E-state index contributed by atoms with van der Waals surface area (Å²) in [7, 11) is 0. The fraction of sp³-hybridized carbons (Fsp3) is 0.900. The monoisotopic (exact) mass is 197 g/mol. The third kappa shape index (κ3) is 1.64. The van der Waals surface area contributed by atoms with Crippen molar-refractivity contribution in [3.8, 4) is 0 Å². The molecule has 2 N–H and O–H groups in total. The zero-order chi connectivity index (χ0) is 10.1. The Kier molecular flexibility index (Phi) is 2.74. The van der Waals surface area contributed by atoms with Gasteiger partial charge in [-0.25, -0.2) is 0 Å². The van der Waals surface area contributed by atoms with Crippen LogP contribution in [0.2, 0.25) is 0 Å². The molecule has 0 spiro atoms. The second-order valence-corrected chi connectivity index (χ2v) is 4.46. The zero-order valence-electron chi connectivity index (χ0n) is 8.92. The Morgan fingerprint density at radius 2 is 1.57 bits per heavy atom. The lowest BCUT2D eigenvalue weighted by Gasteiger charge is -2.43. The molecule has 4 nitrogen and oxygen atoms in total.